The monoisotopic (exact) mass is 276 g/mol. The molecule has 0 saturated heterocycles. The predicted octanol–water partition coefficient (Wildman–Crippen LogP) is 1.89. The zero-order chi connectivity index (χ0) is 13.1. The molecule has 94 valence electrons. The topological polar surface area (TPSA) is 75.3 Å². The molecule has 0 atom stereocenters. The number of alkyl halides is 1. The van der Waals surface area contributed by atoms with E-state index in [0.29, 0.717) is 11.4 Å². The fourth-order valence-electron chi connectivity index (χ4n) is 1.22. The van der Waals surface area contributed by atoms with Crippen LogP contribution in [0.25, 0.3) is 0 Å². The predicted molar refractivity (Wildman–Crippen MR) is 68.7 cm³/mol. The SMILES string of the molecule is CC(=O)Nc1cc(NS(=O)(=O)CCl)ccc1C. The summed E-state index contributed by atoms with van der Waals surface area (Å²) in [6.07, 6.45) is 0. The van der Waals surface area contributed by atoms with Crippen LogP contribution in [0.1, 0.15) is 12.5 Å². The van der Waals surface area contributed by atoms with E-state index in [0.717, 1.165) is 5.56 Å². The van der Waals surface area contributed by atoms with Crippen LogP contribution in [0, 0.1) is 6.92 Å². The number of hydrogen-bond acceptors (Lipinski definition) is 3. The third-order valence-electron chi connectivity index (χ3n) is 1.97. The molecule has 1 rings (SSSR count). The molecule has 0 heterocycles. The summed E-state index contributed by atoms with van der Waals surface area (Å²) in [5.41, 5.74) is 1.77. The first-order valence-electron chi connectivity index (χ1n) is 4.79. The van der Waals surface area contributed by atoms with Crippen molar-refractivity contribution < 1.29 is 13.2 Å². The van der Waals surface area contributed by atoms with Gasteiger partial charge in [0, 0.05) is 12.6 Å². The molecule has 0 aliphatic heterocycles. The molecule has 0 spiro atoms. The van der Waals surface area contributed by atoms with Crippen molar-refractivity contribution in [1.82, 2.24) is 0 Å². The number of hydrogen-bond donors (Lipinski definition) is 2. The highest BCUT2D eigenvalue weighted by Gasteiger charge is 2.09. The Bertz CT molecular complexity index is 528. The lowest BCUT2D eigenvalue weighted by Crippen LogP contribution is -2.14. The summed E-state index contributed by atoms with van der Waals surface area (Å²) >= 11 is 5.28. The van der Waals surface area contributed by atoms with Crippen molar-refractivity contribution in [2.24, 2.45) is 0 Å². The molecular weight excluding hydrogens is 264 g/mol. The van der Waals surface area contributed by atoms with Crippen molar-refractivity contribution in [2.75, 3.05) is 15.3 Å². The van der Waals surface area contributed by atoms with E-state index in [2.05, 4.69) is 10.0 Å². The fourth-order valence-corrected chi connectivity index (χ4v) is 1.92. The fraction of sp³-hybridized carbons (Fsp3) is 0.300. The number of amides is 1. The lowest BCUT2D eigenvalue weighted by molar-refractivity contribution is -0.114. The highest BCUT2D eigenvalue weighted by molar-refractivity contribution is 7.93. The van der Waals surface area contributed by atoms with Crippen molar-refractivity contribution in [3.63, 3.8) is 0 Å². The average Bonchev–Trinajstić information content (AvgIpc) is 2.22. The van der Waals surface area contributed by atoms with Crippen LogP contribution < -0.4 is 10.0 Å². The first kappa shape index (κ1) is 13.8. The van der Waals surface area contributed by atoms with E-state index in [1.807, 2.05) is 6.92 Å². The van der Waals surface area contributed by atoms with E-state index in [4.69, 9.17) is 11.6 Å². The molecule has 17 heavy (non-hydrogen) atoms. The third-order valence-corrected chi connectivity index (χ3v) is 3.66. The molecular formula is C10H13ClN2O3S. The van der Waals surface area contributed by atoms with E-state index >= 15 is 0 Å². The molecule has 2 N–H and O–H groups in total. The molecule has 1 amide bonds. The van der Waals surface area contributed by atoms with Crippen molar-refractivity contribution in [1.29, 1.82) is 0 Å². The Labute approximate surface area is 105 Å². The average molecular weight is 277 g/mol. The molecule has 7 heteroatoms. The van der Waals surface area contributed by atoms with Crippen LogP contribution in [-0.4, -0.2) is 19.5 Å². The minimum Gasteiger partial charge on any atom is -0.326 e. The molecule has 0 aliphatic carbocycles. The lowest BCUT2D eigenvalue weighted by Gasteiger charge is -2.10. The van der Waals surface area contributed by atoms with E-state index < -0.39 is 15.2 Å². The van der Waals surface area contributed by atoms with Crippen LogP contribution >= 0.6 is 11.6 Å². The number of sulfonamides is 1. The van der Waals surface area contributed by atoms with Gasteiger partial charge in [0.15, 0.2) is 0 Å². The molecule has 0 bridgehead atoms. The van der Waals surface area contributed by atoms with E-state index in [9.17, 15) is 13.2 Å². The van der Waals surface area contributed by atoms with Gasteiger partial charge in [0.05, 0.1) is 5.69 Å². The van der Waals surface area contributed by atoms with Gasteiger partial charge in [0.25, 0.3) is 0 Å². The molecule has 0 unspecified atom stereocenters. The molecule has 0 aliphatic rings. The van der Waals surface area contributed by atoms with Gasteiger partial charge in [-0.1, -0.05) is 6.07 Å². The molecule has 1 aromatic rings. The van der Waals surface area contributed by atoms with Gasteiger partial charge >= 0.3 is 0 Å². The van der Waals surface area contributed by atoms with E-state index in [-0.39, 0.29) is 5.91 Å². The van der Waals surface area contributed by atoms with Gasteiger partial charge in [-0.25, -0.2) is 8.42 Å². The smallest absolute Gasteiger partial charge is 0.246 e. The highest BCUT2D eigenvalue weighted by atomic mass is 35.5. The van der Waals surface area contributed by atoms with Crippen molar-refractivity contribution in [2.45, 2.75) is 13.8 Å². The summed E-state index contributed by atoms with van der Waals surface area (Å²) < 4.78 is 24.8. The Morgan fingerprint density at radius 3 is 2.59 bits per heavy atom. The van der Waals surface area contributed by atoms with Gasteiger partial charge < -0.3 is 5.32 Å². The Morgan fingerprint density at radius 2 is 2.06 bits per heavy atom. The zero-order valence-corrected chi connectivity index (χ0v) is 11.0. The van der Waals surface area contributed by atoms with E-state index in [1.54, 1.807) is 18.2 Å². The Balaban J connectivity index is 3.00. The van der Waals surface area contributed by atoms with Gasteiger partial charge in [-0.2, -0.15) is 0 Å². The quantitative estimate of drug-likeness (QED) is 0.825. The molecule has 0 aromatic heterocycles. The van der Waals surface area contributed by atoms with Crippen LogP contribution in [0.5, 0.6) is 0 Å². The van der Waals surface area contributed by atoms with Gasteiger partial charge in [0.1, 0.15) is 5.21 Å². The normalized spacial score (nSPS) is 11.0. The maximum Gasteiger partial charge on any atom is 0.246 e. The number of carbonyl (C=O) groups excluding carboxylic acids is 1. The number of carbonyl (C=O) groups is 1. The minimum atomic E-state index is -3.53. The number of halogens is 1. The standard InChI is InChI=1S/C10H13ClN2O3S/c1-7-3-4-9(13-17(15,16)6-11)5-10(7)12-8(2)14/h3-5,13H,6H2,1-2H3,(H,12,14). The van der Waals surface area contributed by atoms with Gasteiger partial charge in [-0.15, -0.1) is 11.6 Å². The second-order valence-electron chi connectivity index (χ2n) is 3.54. The van der Waals surface area contributed by atoms with Crippen molar-refractivity contribution >= 4 is 38.9 Å². The number of rotatable bonds is 4. The van der Waals surface area contributed by atoms with Gasteiger partial charge in [-0.05, 0) is 24.6 Å². The maximum atomic E-state index is 11.3. The molecule has 0 fully saturated rings. The lowest BCUT2D eigenvalue weighted by atomic mass is 10.2. The van der Waals surface area contributed by atoms with Crippen LogP contribution in [0.2, 0.25) is 0 Å². The summed E-state index contributed by atoms with van der Waals surface area (Å²) in [6.45, 7) is 3.19. The van der Waals surface area contributed by atoms with E-state index in [1.165, 1.54) is 6.92 Å². The van der Waals surface area contributed by atoms with Gasteiger partial charge in [-0.3, -0.25) is 9.52 Å². The largest absolute Gasteiger partial charge is 0.326 e. The minimum absolute atomic E-state index is 0.217. The first-order chi connectivity index (χ1) is 7.84. The number of benzene rings is 1. The van der Waals surface area contributed by atoms with Crippen molar-refractivity contribution in [3.8, 4) is 0 Å². The van der Waals surface area contributed by atoms with Crippen LogP contribution in [-0.2, 0) is 14.8 Å². The summed E-state index contributed by atoms with van der Waals surface area (Å²) in [6, 6.07) is 4.85. The Hall–Kier alpha value is -1.27. The number of aryl methyl sites for hydroxylation is 1. The number of anilines is 2. The first-order valence-corrected chi connectivity index (χ1v) is 6.97. The van der Waals surface area contributed by atoms with Gasteiger partial charge in [0.2, 0.25) is 15.9 Å². The Morgan fingerprint density at radius 1 is 1.41 bits per heavy atom. The highest BCUT2D eigenvalue weighted by Crippen LogP contribution is 2.21. The summed E-state index contributed by atoms with van der Waals surface area (Å²) in [5, 5.41) is 2.09. The second kappa shape index (κ2) is 5.37. The van der Waals surface area contributed by atoms with Crippen LogP contribution in [0.4, 0.5) is 11.4 Å². The summed E-state index contributed by atoms with van der Waals surface area (Å²) in [7, 11) is -3.53. The number of nitrogens with one attached hydrogen (secondary N) is 2. The second-order valence-corrected chi connectivity index (χ2v) is 5.84. The zero-order valence-electron chi connectivity index (χ0n) is 9.45. The Kier molecular flexibility index (Phi) is 4.36. The molecule has 0 radical (unpaired) electrons. The summed E-state index contributed by atoms with van der Waals surface area (Å²) in [4.78, 5) is 10.9. The molecule has 5 nitrogen and oxygen atoms in total. The molecule has 0 saturated carbocycles. The maximum absolute atomic E-state index is 11.3. The summed E-state index contributed by atoms with van der Waals surface area (Å²) in [5.74, 6) is -0.217. The van der Waals surface area contributed by atoms with Crippen molar-refractivity contribution in [3.05, 3.63) is 23.8 Å². The third kappa shape index (κ3) is 4.24. The van der Waals surface area contributed by atoms with Crippen LogP contribution in [0.15, 0.2) is 18.2 Å². The van der Waals surface area contributed by atoms with Crippen LogP contribution in [0.3, 0.4) is 0 Å². The molecule has 1 aromatic carbocycles.